The molecule has 0 saturated carbocycles. The molecule has 0 aromatic carbocycles. The fraction of sp³-hybridized carbons (Fsp3) is 1.00. The molecule has 0 heterocycles. The molecular weight excluding hydrogens is 124 g/mol. The smallest absolute Gasteiger partial charge is 0.185 e. The van der Waals surface area contributed by atoms with Crippen molar-refractivity contribution in [3.05, 3.63) is 0 Å². The molecule has 50 valence electrons. The minimum Gasteiger partial charge on any atom is -0.378 e. The lowest BCUT2D eigenvalue weighted by atomic mass is 10.4. The Bertz CT molecular complexity index is 60.0. The van der Waals surface area contributed by atoms with Crippen molar-refractivity contribution in [2.24, 2.45) is 0 Å². The van der Waals surface area contributed by atoms with Gasteiger partial charge in [0.05, 0.1) is 0 Å². The zero-order valence-electron chi connectivity index (χ0n) is 4.96. The van der Waals surface area contributed by atoms with Crippen molar-refractivity contribution in [2.45, 2.75) is 25.1 Å². The van der Waals surface area contributed by atoms with Crippen molar-refractivity contribution >= 4 is 12.6 Å². The molecule has 5 N–H and O–H groups in total. The number of quaternary nitrogens is 1. The van der Waals surface area contributed by atoms with Crippen LogP contribution in [0.5, 0.6) is 0 Å². The van der Waals surface area contributed by atoms with Gasteiger partial charge in [0.1, 0.15) is 6.23 Å². The molecule has 0 aromatic heterocycles. The highest BCUT2D eigenvalue weighted by Gasteiger charge is 2.02. The first kappa shape index (κ1) is 8.23. The van der Waals surface area contributed by atoms with Gasteiger partial charge in [-0.25, -0.2) is 5.32 Å². The number of rotatable bonds is 3. The van der Waals surface area contributed by atoms with Crippen molar-refractivity contribution in [2.75, 3.05) is 0 Å². The van der Waals surface area contributed by atoms with Crippen molar-refractivity contribution in [1.29, 1.82) is 0 Å². The number of thiol groups is 1. The Labute approximate surface area is 54.7 Å². The number of hydrogen-bond acceptors (Lipinski definition) is 3. The number of aliphatic hydroxyl groups excluding tert-OH is 1. The Morgan fingerprint density at radius 2 is 2.38 bits per heavy atom. The largest absolute Gasteiger partial charge is 0.378 e. The summed E-state index contributed by atoms with van der Waals surface area (Å²) >= 11 is 3.91. The summed E-state index contributed by atoms with van der Waals surface area (Å²) in [5.74, 6) is 0. The molecule has 3 nitrogen and oxygen atoms in total. The standard InChI is InChI=1S/C4H12N2OS/c1-2-3(7)6-4(5)8/h3-4,6-8H,2,5H2,1H3/p+1. The van der Waals surface area contributed by atoms with Gasteiger partial charge in [-0.3, -0.25) is 0 Å². The number of hydrogen-bond donors (Lipinski definition) is 4. The van der Waals surface area contributed by atoms with Crippen LogP contribution in [0.2, 0.25) is 0 Å². The van der Waals surface area contributed by atoms with E-state index in [4.69, 9.17) is 5.11 Å². The summed E-state index contributed by atoms with van der Waals surface area (Å²) in [6.45, 7) is 1.88. The average Bonchev–Trinajstić information content (AvgIpc) is 1.65. The quantitative estimate of drug-likeness (QED) is 0.290. The normalized spacial score (nSPS) is 18.0. The van der Waals surface area contributed by atoms with Gasteiger partial charge >= 0.3 is 0 Å². The summed E-state index contributed by atoms with van der Waals surface area (Å²) in [7, 11) is 0. The summed E-state index contributed by atoms with van der Waals surface area (Å²) in [6, 6.07) is 0. The molecule has 4 heteroatoms. The van der Waals surface area contributed by atoms with Crippen LogP contribution in [0.25, 0.3) is 0 Å². The summed E-state index contributed by atoms with van der Waals surface area (Å²) in [6.07, 6.45) is 0.224. The topological polar surface area (TPSA) is 59.9 Å². The Hall–Kier alpha value is 0.230. The van der Waals surface area contributed by atoms with E-state index in [-0.39, 0.29) is 5.50 Å². The van der Waals surface area contributed by atoms with Crippen LogP contribution in [0.4, 0.5) is 0 Å². The molecule has 8 heavy (non-hydrogen) atoms. The lowest BCUT2D eigenvalue weighted by Crippen LogP contribution is -2.66. The highest BCUT2D eigenvalue weighted by atomic mass is 32.1. The van der Waals surface area contributed by atoms with E-state index in [2.05, 4.69) is 23.7 Å². The van der Waals surface area contributed by atoms with Crippen LogP contribution in [-0.2, 0) is 0 Å². The van der Waals surface area contributed by atoms with E-state index in [1.165, 1.54) is 0 Å². The molecule has 0 rings (SSSR count). The van der Waals surface area contributed by atoms with Gasteiger partial charge in [-0.05, 0) is 6.42 Å². The molecule has 0 aromatic rings. The fourth-order valence-corrected chi connectivity index (χ4v) is 0.512. The van der Waals surface area contributed by atoms with Gasteiger partial charge in [0, 0.05) is 0 Å². The molecule has 2 atom stereocenters. The molecule has 0 spiro atoms. The van der Waals surface area contributed by atoms with Crippen LogP contribution in [-0.4, -0.2) is 16.8 Å². The minimum absolute atomic E-state index is 0.176. The van der Waals surface area contributed by atoms with Crippen LogP contribution >= 0.6 is 12.6 Å². The highest BCUT2D eigenvalue weighted by Crippen LogP contribution is 1.84. The second-order valence-electron chi connectivity index (χ2n) is 1.61. The predicted octanol–water partition coefficient (Wildman–Crippen LogP) is -1.24. The summed E-state index contributed by atoms with van der Waals surface area (Å²) in [4.78, 5) is 0. The lowest BCUT2D eigenvalue weighted by molar-refractivity contribution is -0.397. The Kier molecular flexibility index (Phi) is 4.26. The van der Waals surface area contributed by atoms with E-state index >= 15 is 0 Å². The van der Waals surface area contributed by atoms with E-state index in [9.17, 15) is 0 Å². The lowest BCUT2D eigenvalue weighted by Gasteiger charge is -2.09. The zero-order valence-corrected chi connectivity index (χ0v) is 5.86. The van der Waals surface area contributed by atoms with E-state index < -0.39 is 6.23 Å². The number of aliphatic hydroxyl groups is 1. The maximum absolute atomic E-state index is 8.83. The van der Waals surface area contributed by atoms with Crippen molar-refractivity contribution in [3.63, 3.8) is 0 Å². The Balaban J connectivity index is 3.10. The average molecular weight is 137 g/mol. The van der Waals surface area contributed by atoms with Crippen LogP contribution < -0.4 is 11.1 Å². The minimum atomic E-state index is -0.463. The van der Waals surface area contributed by atoms with Gasteiger partial charge in [-0.1, -0.05) is 19.6 Å². The second-order valence-corrected chi connectivity index (χ2v) is 2.23. The zero-order chi connectivity index (χ0) is 6.57. The van der Waals surface area contributed by atoms with Crippen LogP contribution in [0.15, 0.2) is 0 Å². The summed E-state index contributed by atoms with van der Waals surface area (Å²) in [5, 5.41) is 11.5. The van der Waals surface area contributed by atoms with Crippen molar-refractivity contribution in [3.8, 4) is 0 Å². The predicted molar refractivity (Wildman–Crippen MR) is 35.1 cm³/mol. The first-order valence-electron chi connectivity index (χ1n) is 2.62. The molecule has 0 amide bonds. The van der Waals surface area contributed by atoms with Crippen LogP contribution in [0.1, 0.15) is 13.3 Å². The van der Waals surface area contributed by atoms with Crippen LogP contribution in [0.3, 0.4) is 0 Å². The SMILES string of the molecule is CCC(O)NC([NH3+])S. The molecule has 0 aliphatic heterocycles. The maximum Gasteiger partial charge on any atom is 0.185 e. The molecule has 0 bridgehead atoms. The van der Waals surface area contributed by atoms with Gasteiger partial charge in [0.2, 0.25) is 0 Å². The van der Waals surface area contributed by atoms with Crippen molar-refractivity contribution < 1.29 is 10.8 Å². The molecule has 0 aliphatic carbocycles. The fourth-order valence-electron chi connectivity index (χ4n) is 0.340. The van der Waals surface area contributed by atoms with E-state index in [0.29, 0.717) is 6.42 Å². The highest BCUT2D eigenvalue weighted by molar-refractivity contribution is 7.80. The first-order valence-corrected chi connectivity index (χ1v) is 3.13. The van der Waals surface area contributed by atoms with Crippen molar-refractivity contribution in [1.82, 2.24) is 5.32 Å². The molecule has 0 aliphatic rings. The van der Waals surface area contributed by atoms with Gasteiger partial charge < -0.3 is 10.8 Å². The summed E-state index contributed by atoms with van der Waals surface area (Å²) < 4.78 is 0. The Morgan fingerprint density at radius 3 is 2.50 bits per heavy atom. The summed E-state index contributed by atoms with van der Waals surface area (Å²) in [5.41, 5.74) is 3.34. The second kappa shape index (κ2) is 4.14. The molecule has 2 unspecified atom stereocenters. The van der Waals surface area contributed by atoms with Crippen LogP contribution in [0, 0.1) is 0 Å². The third-order valence-corrected chi connectivity index (χ3v) is 0.921. The Morgan fingerprint density at radius 1 is 1.88 bits per heavy atom. The third-order valence-electron chi connectivity index (χ3n) is 0.771. The molecule has 0 radical (unpaired) electrons. The van der Waals surface area contributed by atoms with E-state index in [1.54, 1.807) is 0 Å². The van der Waals surface area contributed by atoms with Gasteiger partial charge in [-0.2, -0.15) is 0 Å². The van der Waals surface area contributed by atoms with Gasteiger partial charge in [0.15, 0.2) is 5.50 Å². The molecule has 0 fully saturated rings. The molecule has 0 saturated heterocycles. The van der Waals surface area contributed by atoms with E-state index in [0.717, 1.165) is 0 Å². The maximum atomic E-state index is 8.83. The third kappa shape index (κ3) is 4.39. The number of nitrogens with one attached hydrogen (secondary N) is 1. The van der Waals surface area contributed by atoms with Gasteiger partial charge in [-0.15, -0.1) is 0 Å². The van der Waals surface area contributed by atoms with E-state index in [1.807, 2.05) is 6.92 Å². The van der Waals surface area contributed by atoms with Gasteiger partial charge in [0.25, 0.3) is 0 Å². The first-order chi connectivity index (χ1) is 3.66. The molecular formula is C4H13N2OS+. The monoisotopic (exact) mass is 137 g/mol.